The zero-order valence-corrected chi connectivity index (χ0v) is 15.7. The molecule has 5 heteroatoms. The highest BCUT2D eigenvalue weighted by molar-refractivity contribution is 5.85. The van der Waals surface area contributed by atoms with Crippen LogP contribution in [0.4, 0.5) is 0 Å². The van der Waals surface area contributed by atoms with Gasteiger partial charge in [0.05, 0.1) is 6.61 Å². The predicted molar refractivity (Wildman–Crippen MR) is 101 cm³/mol. The molecule has 1 amide bonds. The Bertz CT molecular complexity index is 471. The van der Waals surface area contributed by atoms with Crippen LogP contribution in [0.2, 0.25) is 0 Å². The molecule has 24 heavy (non-hydrogen) atoms. The normalized spacial score (nSPS) is 15.0. The highest BCUT2D eigenvalue weighted by atomic mass is 35.5. The van der Waals surface area contributed by atoms with Gasteiger partial charge in [0.2, 0.25) is 5.91 Å². The van der Waals surface area contributed by atoms with E-state index in [0.717, 1.165) is 50.6 Å². The van der Waals surface area contributed by atoms with E-state index in [2.05, 4.69) is 29.6 Å². The summed E-state index contributed by atoms with van der Waals surface area (Å²) in [7, 11) is 1.89. The minimum absolute atomic E-state index is 0. The molecule has 0 aromatic heterocycles. The van der Waals surface area contributed by atoms with Crippen molar-refractivity contribution in [1.82, 2.24) is 10.2 Å². The number of nitrogens with one attached hydrogen (secondary N) is 1. The molecule has 1 aliphatic rings. The molecule has 1 saturated heterocycles. The van der Waals surface area contributed by atoms with Crippen LogP contribution < -0.4 is 10.1 Å². The van der Waals surface area contributed by atoms with E-state index < -0.39 is 0 Å². The zero-order valence-electron chi connectivity index (χ0n) is 14.9. The molecule has 1 aliphatic heterocycles. The number of piperidine rings is 1. The third-order valence-electron chi connectivity index (χ3n) is 4.63. The summed E-state index contributed by atoms with van der Waals surface area (Å²) >= 11 is 0. The van der Waals surface area contributed by atoms with Crippen LogP contribution in [-0.4, -0.2) is 44.1 Å². The summed E-state index contributed by atoms with van der Waals surface area (Å²) in [6.07, 6.45) is 5.23. The average Bonchev–Trinajstić information content (AvgIpc) is 2.60. The zero-order chi connectivity index (χ0) is 16.5. The van der Waals surface area contributed by atoms with Crippen LogP contribution in [0.1, 0.15) is 38.2 Å². The van der Waals surface area contributed by atoms with Gasteiger partial charge in [-0.15, -0.1) is 12.4 Å². The lowest BCUT2D eigenvalue weighted by Crippen LogP contribution is -2.39. The number of amides is 1. The van der Waals surface area contributed by atoms with Crippen LogP contribution in [0.25, 0.3) is 0 Å². The Hall–Kier alpha value is -1.26. The van der Waals surface area contributed by atoms with Gasteiger partial charge < -0.3 is 15.0 Å². The van der Waals surface area contributed by atoms with Crippen LogP contribution in [-0.2, 0) is 11.2 Å². The van der Waals surface area contributed by atoms with Crippen molar-refractivity contribution in [2.45, 2.75) is 39.0 Å². The first-order valence-corrected chi connectivity index (χ1v) is 8.87. The van der Waals surface area contributed by atoms with Crippen LogP contribution in [0, 0.1) is 5.92 Å². The number of nitrogens with zero attached hydrogens (tertiary/aromatic N) is 1. The Morgan fingerprint density at radius 1 is 1.25 bits per heavy atom. The number of ether oxygens (including phenoxy) is 1. The van der Waals surface area contributed by atoms with Gasteiger partial charge in [-0.3, -0.25) is 4.79 Å². The largest absolute Gasteiger partial charge is 0.494 e. The van der Waals surface area contributed by atoms with Crippen molar-refractivity contribution < 1.29 is 9.53 Å². The van der Waals surface area contributed by atoms with Gasteiger partial charge in [-0.05, 0) is 63.3 Å². The first kappa shape index (κ1) is 20.8. The van der Waals surface area contributed by atoms with Gasteiger partial charge in [0.1, 0.15) is 5.75 Å². The molecule has 1 fully saturated rings. The predicted octanol–water partition coefficient (Wildman–Crippen LogP) is 3.29. The lowest BCUT2D eigenvalue weighted by Gasteiger charge is -2.32. The maximum absolute atomic E-state index is 12.0. The molecule has 0 saturated carbocycles. The first-order valence-electron chi connectivity index (χ1n) is 8.87. The summed E-state index contributed by atoms with van der Waals surface area (Å²) in [4.78, 5) is 14.0. The summed E-state index contributed by atoms with van der Waals surface area (Å²) in [5.74, 6) is 1.99. The summed E-state index contributed by atoms with van der Waals surface area (Å²) in [6.45, 7) is 5.35. The molecule has 0 aliphatic carbocycles. The molecule has 0 unspecified atom stereocenters. The number of rotatable bonds is 8. The van der Waals surface area contributed by atoms with Gasteiger partial charge in [-0.25, -0.2) is 0 Å². The first-order chi connectivity index (χ1) is 11.2. The molecule has 1 N–H and O–H groups in total. The van der Waals surface area contributed by atoms with Crippen molar-refractivity contribution in [3.63, 3.8) is 0 Å². The van der Waals surface area contributed by atoms with E-state index in [4.69, 9.17) is 4.74 Å². The highest BCUT2D eigenvalue weighted by Crippen LogP contribution is 2.23. The van der Waals surface area contributed by atoms with Gasteiger partial charge in [-0.1, -0.05) is 12.1 Å². The fourth-order valence-electron chi connectivity index (χ4n) is 3.15. The molecule has 1 heterocycles. The minimum Gasteiger partial charge on any atom is -0.494 e. The summed E-state index contributed by atoms with van der Waals surface area (Å²) in [5.41, 5.74) is 1.38. The number of aryl methyl sites for hydroxylation is 1. The number of hydrogen-bond acceptors (Lipinski definition) is 3. The van der Waals surface area contributed by atoms with Gasteiger partial charge in [0, 0.05) is 26.1 Å². The molecule has 0 bridgehead atoms. The monoisotopic (exact) mass is 354 g/mol. The Morgan fingerprint density at radius 2 is 1.92 bits per heavy atom. The standard InChI is InChI=1S/C19H30N2O2.ClH/c1-3-23-18-8-6-16(7-9-18)4-5-17-11-14-21(15-12-17)19(22)10-13-20-2;/h6-9,17,20H,3-5,10-15H2,1-2H3;1H. The molecule has 0 atom stereocenters. The Labute approximate surface area is 152 Å². The van der Waals surface area contributed by atoms with Crippen LogP contribution in [0.15, 0.2) is 24.3 Å². The van der Waals surface area contributed by atoms with Crippen molar-refractivity contribution >= 4 is 18.3 Å². The van der Waals surface area contributed by atoms with Crippen molar-refractivity contribution in [3.05, 3.63) is 29.8 Å². The van der Waals surface area contributed by atoms with Gasteiger partial charge in [0.15, 0.2) is 0 Å². The summed E-state index contributed by atoms with van der Waals surface area (Å²) in [5, 5.41) is 3.04. The highest BCUT2D eigenvalue weighted by Gasteiger charge is 2.22. The lowest BCUT2D eigenvalue weighted by molar-refractivity contribution is -0.132. The number of benzene rings is 1. The van der Waals surface area contributed by atoms with Crippen LogP contribution in [0.5, 0.6) is 5.75 Å². The van der Waals surface area contributed by atoms with E-state index in [9.17, 15) is 4.79 Å². The molecular weight excluding hydrogens is 324 g/mol. The number of hydrogen-bond donors (Lipinski definition) is 1. The van der Waals surface area contributed by atoms with Gasteiger partial charge in [0.25, 0.3) is 0 Å². The van der Waals surface area contributed by atoms with Crippen LogP contribution >= 0.6 is 12.4 Å². The minimum atomic E-state index is 0. The molecule has 0 spiro atoms. The molecule has 1 aromatic rings. The van der Waals surface area contributed by atoms with Crippen molar-refractivity contribution in [2.75, 3.05) is 33.3 Å². The maximum atomic E-state index is 12.0. The second kappa shape index (κ2) is 11.3. The van der Waals surface area contributed by atoms with E-state index >= 15 is 0 Å². The summed E-state index contributed by atoms with van der Waals surface area (Å²) < 4.78 is 5.48. The summed E-state index contributed by atoms with van der Waals surface area (Å²) in [6, 6.07) is 8.45. The molecule has 2 rings (SSSR count). The third kappa shape index (κ3) is 6.70. The van der Waals surface area contributed by atoms with E-state index in [0.29, 0.717) is 18.9 Å². The van der Waals surface area contributed by atoms with Gasteiger partial charge >= 0.3 is 0 Å². The topological polar surface area (TPSA) is 41.6 Å². The molecule has 4 nitrogen and oxygen atoms in total. The fraction of sp³-hybridized carbons (Fsp3) is 0.632. The van der Waals surface area contributed by atoms with Crippen molar-refractivity contribution in [1.29, 1.82) is 0 Å². The van der Waals surface area contributed by atoms with Crippen molar-refractivity contribution in [3.8, 4) is 5.75 Å². The molecule has 1 aromatic carbocycles. The average molecular weight is 355 g/mol. The van der Waals surface area contributed by atoms with Gasteiger partial charge in [-0.2, -0.15) is 0 Å². The van der Waals surface area contributed by atoms with E-state index in [-0.39, 0.29) is 12.4 Å². The van der Waals surface area contributed by atoms with E-state index in [1.807, 2.05) is 18.9 Å². The van der Waals surface area contributed by atoms with Crippen molar-refractivity contribution in [2.24, 2.45) is 5.92 Å². The SMILES string of the molecule is CCOc1ccc(CCC2CCN(C(=O)CCNC)CC2)cc1.Cl. The second-order valence-corrected chi connectivity index (χ2v) is 6.29. The third-order valence-corrected chi connectivity index (χ3v) is 4.63. The van der Waals surface area contributed by atoms with Crippen LogP contribution in [0.3, 0.4) is 0 Å². The maximum Gasteiger partial charge on any atom is 0.223 e. The molecule has 136 valence electrons. The number of carbonyl (C=O) groups excluding carboxylic acids is 1. The second-order valence-electron chi connectivity index (χ2n) is 6.29. The Kier molecular flexibility index (Phi) is 9.80. The smallest absolute Gasteiger partial charge is 0.223 e. The lowest BCUT2D eigenvalue weighted by atomic mass is 9.90. The fourth-order valence-corrected chi connectivity index (χ4v) is 3.15. The Morgan fingerprint density at radius 3 is 2.50 bits per heavy atom. The number of likely N-dealkylation sites (tertiary alicyclic amines) is 1. The quantitative estimate of drug-likeness (QED) is 0.778. The molecular formula is C19H31ClN2O2. The number of carbonyl (C=O) groups is 1. The molecule has 0 radical (unpaired) electrons. The van der Waals surface area contributed by atoms with E-state index in [1.165, 1.54) is 12.0 Å². The number of halogens is 1. The Balaban J connectivity index is 0.00000288. The van der Waals surface area contributed by atoms with E-state index in [1.54, 1.807) is 0 Å².